The van der Waals surface area contributed by atoms with E-state index < -0.39 is 0 Å². The van der Waals surface area contributed by atoms with Gasteiger partial charge in [0.1, 0.15) is 11.6 Å². The summed E-state index contributed by atoms with van der Waals surface area (Å²) in [5.74, 6) is 1.70. The van der Waals surface area contributed by atoms with Crippen LogP contribution in [0.1, 0.15) is 37.1 Å². The second-order valence-corrected chi connectivity index (χ2v) is 8.59. The number of benzene rings is 1. The highest BCUT2D eigenvalue weighted by atomic mass is 19.1. The first kappa shape index (κ1) is 20.5. The maximum Gasteiger partial charge on any atom is 0.127 e. The number of hydrogen-bond acceptors (Lipinski definition) is 4. The predicted molar refractivity (Wildman–Crippen MR) is 112 cm³/mol. The Bertz CT molecular complexity index is 766. The molecule has 29 heavy (non-hydrogen) atoms. The Morgan fingerprint density at radius 2 is 2.00 bits per heavy atom. The van der Waals surface area contributed by atoms with Crippen LogP contribution in [0, 0.1) is 11.7 Å². The third kappa shape index (κ3) is 5.65. The van der Waals surface area contributed by atoms with Gasteiger partial charge < -0.3 is 9.30 Å². The molecule has 0 bridgehead atoms. The molecule has 2 aliphatic rings. The summed E-state index contributed by atoms with van der Waals surface area (Å²) >= 11 is 0. The standard InChI is InChI=1S/C23H33FN4O/c1-26-13-10-25-23(26)18-28(17-21-6-4-14-29-21)15-19-8-11-27(12-9-19)16-20-5-2-3-7-22(20)24/h2-3,5,7,10,13,19,21H,4,6,8-9,11-12,14-18H2,1H3/t21-/m1/s1. The van der Waals surface area contributed by atoms with Crippen LogP contribution in [0.2, 0.25) is 0 Å². The van der Waals surface area contributed by atoms with Crippen molar-refractivity contribution in [2.24, 2.45) is 13.0 Å². The van der Waals surface area contributed by atoms with Crippen LogP contribution >= 0.6 is 0 Å². The van der Waals surface area contributed by atoms with E-state index in [9.17, 15) is 4.39 Å². The van der Waals surface area contributed by atoms with E-state index in [4.69, 9.17) is 4.74 Å². The molecule has 6 heteroatoms. The van der Waals surface area contributed by atoms with E-state index in [2.05, 4.69) is 26.4 Å². The van der Waals surface area contributed by atoms with Gasteiger partial charge in [0.15, 0.2) is 0 Å². The van der Waals surface area contributed by atoms with Crippen molar-refractivity contribution in [3.8, 4) is 0 Å². The number of ether oxygens (including phenoxy) is 1. The summed E-state index contributed by atoms with van der Waals surface area (Å²) in [6, 6.07) is 7.14. The van der Waals surface area contributed by atoms with Gasteiger partial charge in [-0.25, -0.2) is 9.37 Å². The Balaban J connectivity index is 1.30. The molecule has 3 heterocycles. The van der Waals surface area contributed by atoms with Gasteiger partial charge in [-0.15, -0.1) is 0 Å². The van der Waals surface area contributed by atoms with E-state index in [0.717, 1.165) is 70.0 Å². The summed E-state index contributed by atoms with van der Waals surface area (Å²) in [5, 5.41) is 0. The lowest BCUT2D eigenvalue weighted by Gasteiger charge is -2.35. The Labute approximate surface area is 173 Å². The van der Waals surface area contributed by atoms with E-state index >= 15 is 0 Å². The topological polar surface area (TPSA) is 33.5 Å². The number of imidazole rings is 1. The average Bonchev–Trinajstić information content (AvgIpc) is 3.37. The van der Waals surface area contributed by atoms with Crippen LogP contribution < -0.4 is 0 Å². The molecule has 5 nitrogen and oxygen atoms in total. The number of aryl methyl sites for hydroxylation is 1. The van der Waals surface area contributed by atoms with Gasteiger partial charge in [0.05, 0.1) is 12.6 Å². The van der Waals surface area contributed by atoms with E-state index in [0.29, 0.717) is 18.6 Å². The number of nitrogens with zero attached hydrogens (tertiary/aromatic N) is 4. The van der Waals surface area contributed by atoms with Gasteiger partial charge in [-0.3, -0.25) is 9.80 Å². The molecule has 0 amide bonds. The summed E-state index contributed by atoms with van der Waals surface area (Å²) in [6.07, 6.45) is 8.92. The molecule has 2 saturated heterocycles. The normalized spacial score (nSPS) is 21.3. The predicted octanol–water partition coefficient (Wildman–Crippen LogP) is 3.45. The third-order valence-electron chi connectivity index (χ3n) is 6.35. The van der Waals surface area contributed by atoms with Crippen molar-refractivity contribution in [1.82, 2.24) is 19.4 Å². The third-order valence-corrected chi connectivity index (χ3v) is 6.35. The van der Waals surface area contributed by atoms with Crippen LogP contribution in [0.3, 0.4) is 0 Å². The Morgan fingerprint density at radius 1 is 1.17 bits per heavy atom. The Hall–Kier alpha value is -1.76. The van der Waals surface area contributed by atoms with Crippen LogP contribution in [0.25, 0.3) is 0 Å². The first-order chi connectivity index (χ1) is 14.2. The fraction of sp³-hybridized carbons (Fsp3) is 0.609. The van der Waals surface area contributed by atoms with Crippen molar-refractivity contribution >= 4 is 0 Å². The lowest BCUT2D eigenvalue weighted by Crippen LogP contribution is -2.41. The van der Waals surface area contributed by atoms with Crippen LogP contribution in [-0.2, 0) is 24.9 Å². The van der Waals surface area contributed by atoms with Crippen LogP contribution in [-0.4, -0.2) is 58.2 Å². The molecular weight excluding hydrogens is 367 g/mol. The zero-order chi connectivity index (χ0) is 20.1. The van der Waals surface area contributed by atoms with E-state index in [1.807, 2.05) is 24.5 Å². The molecule has 0 N–H and O–H groups in total. The molecule has 4 rings (SSSR count). The number of piperidine rings is 1. The Morgan fingerprint density at radius 3 is 2.69 bits per heavy atom. The molecule has 0 radical (unpaired) electrons. The molecule has 158 valence electrons. The summed E-state index contributed by atoms with van der Waals surface area (Å²) < 4.78 is 22.0. The van der Waals surface area contributed by atoms with Crippen LogP contribution in [0.5, 0.6) is 0 Å². The minimum absolute atomic E-state index is 0.0903. The quantitative estimate of drug-likeness (QED) is 0.680. The molecule has 1 aromatic carbocycles. The molecular formula is C23H33FN4O. The fourth-order valence-corrected chi connectivity index (χ4v) is 4.59. The first-order valence-electron chi connectivity index (χ1n) is 10.9. The molecule has 2 fully saturated rings. The number of halogens is 1. The summed E-state index contributed by atoms with van der Waals surface area (Å²) in [4.78, 5) is 9.45. The molecule has 0 aliphatic carbocycles. The maximum atomic E-state index is 13.9. The lowest BCUT2D eigenvalue weighted by atomic mass is 9.95. The van der Waals surface area contributed by atoms with Gasteiger partial charge >= 0.3 is 0 Å². The van der Waals surface area contributed by atoms with Crippen LogP contribution in [0.4, 0.5) is 4.39 Å². The van der Waals surface area contributed by atoms with Crippen molar-refractivity contribution in [3.63, 3.8) is 0 Å². The molecule has 2 aromatic rings. The highest BCUT2D eigenvalue weighted by Gasteiger charge is 2.25. The number of hydrogen-bond donors (Lipinski definition) is 0. The van der Waals surface area contributed by atoms with Gasteiger partial charge in [-0.05, 0) is 50.8 Å². The Kier molecular flexibility index (Phi) is 6.95. The smallest absolute Gasteiger partial charge is 0.127 e. The van der Waals surface area contributed by atoms with E-state index in [1.165, 1.54) is 6.42 Å². The van der Waals surface area contributed by atoms with Gasteiger partial charge in [-0.1, -0.05) is 18.2 Å². The number of likely N-dealkylation sites (tertiary alicyclic amines) is 1. The van der Waals surface area contributed by atoms with Crippen molar-refractivity contribution in [2.45, 2.75) is 44.9 Å². The van der Waals surface area contributed by atoms with Crippen LogP contribution in [0.15, 0.2) is 36.7 Å². The van der Waals surface area contributed by atoms with Gasteiger partial charge in [0, 0.05) is 51.2 Å². The summed E-state index contributed by atoms with van der Waals surface area (Å²) in [5.41, 5.74) is 0.806. The zero-order valence-electron chi connectivity index (χ0n) is 17.5. The monoisotopic (exact) mass is 400 g/mol. The fourth-order valence-electron chi connectivity index (χ4n) is 4.59. The van der Waals surface area contributed by atoms with Crippen molar-refractivity contribution in [1.29, 1.82) is 0 Å². The second-order valence-electron chi connectivity index (χ2n) is 8.59. The molecule has 1 atom stereocenters. The maximum absolute atomic E-state index is 13.9. The number of aromatic nitrogens is 2. The molecule has 0 unspecified atom stereocenters. The minimum atomic E-state index is -0.0903. The molecule has 1 aromatic heterocycles. The van der Waals surface area contributed by atoms with E-state index in [1.54, 1.807) is 12.1 Å². The first-order valence-corrected chi connectivity index (χ1v) is 10.9. The average molecular weight is 401 g/mol. The van der Waals surface area contributed by atoms with E-state index in [-0.39, 0.29) is 5.82 Å². The highest BCUT2D eigenvalue weighted by molar-refractivity contribution is 5.17. The minimum Gasteiger partial charge on any atom is -0.377 e. The van der Waals surface area contributed by atoms with Gasteiger partial charge in [-0.2, -0.15) is 0 Å². The molecule has 0 saturated carbocycles. The van der Waals surface area contributed by atoms with Crippen molar-refractivity contribution in [2.75, 3.05) is 32.8 Å². The molecule has 0 spiro atoms. The van der Waals surface area contributed by atoms with Gasteiger partial charge in [0.2, 0.25) is 0 Å². The SMILES string of the molecule is Cn1ccnc1CN(CC1CCN(Cc2ccccc2F)CC1)C[C@H]1CCCO1. The van der Waals surface area contributed by atoms with Crippen molar-refractivity contribution < 1.29 is 9.13 Å². The summed E-state index contributed by atoms with van der Waals surface area (Å²) in [7, 11) is 2.06. The van der Waals surface area contributed by atoms with Crippen molar-refractivity contribution in [3.05, 3.63) is 53.9 Å². The number of rotatable bonds is 8. The second kappa shape index (κ2) is 9.83. The lowest BCUT2D eigenvalue weighted by molar-refractivity contribution is 0.0556. The highest BCUT2D eigenvalue weighted by Crippen LogP contribution is 2.23. The van der Waals surface area contributed by atoms with Gasteiger partial charge in [0.25, 0.3) is 0 Å². The largest absolute Gasteiger partial charge is 0.377 e. The molecule has 2 aliphatic heterocycles. The summed E-state index contributed by atoms with van der Waals surface area (Å²) in [6.45, 7) is 6.63. The zero-order valence-corrected chi connectivity index (χ0v) is 17.5.